The maximum atomic E-state index is 11.7. The van der Waals surface area contributed by atoms with Crippen molar-refractivity contribution in [3.63, 3.8) is 0 Å². The Morgan fingerprint density at radius 1 is 0.833 bits per heavy atom. The first-order chi connectivity index (χ1) is 17.4. The first-order valence-electron chi connectivity index (χ1n) is 11.7. The van der Waals surface area contributed by atoms with Crippen molar-refractivity contribution in [2.75, 3.05) is 33.3 Å². The molecule has 3 aromatic carbocycles. The molecule has 0 unspecified atom stereocenters. The highest BCUT2D eigenvalue weighted by atomic mass is 16.5. The second-order valence-electron chi connectivity index (χ2n) is 9.24. The van der Waals surface area contributed by atoms with E-state index in [9.17, 15) is 20.4 Å². The van der Waals surface area contributed by atoms with Gasteiger partial charge < -0.3 is 44.7 Å². The Morgan fingerprint density at radius 2 is 1.50 bits per heavy atom. The molecule has 0 saturated heterocycles. The first kappa shape index (κ1) is 22.6. The molecule has 5 N–H and O–H groups in total. The van der Waals surface area contributed by atoms with E-state index in [2.05, 4.69) is 5.32 Å². The van der Waals surface area contributed by atoms with Gasteiger partial charge in [0.1, 0.15) is 17.2 Å². The van der Waals surface area contributed by atoms with Crippen LogP contribution in [0.1, 0.15) is 46.1 Å². The van der Waals surface area contributed by atoms with Crippen LogP contribution in [-0.4, -0.2) is 48.4 Å². The summed E-state index contributed by atoms with van der Waals surface area (Å²) < 4.78 is 22.3. The van der Waals surface area contributed by atoms with Crippen molar-refractivity contribution in [3.8, 4) is 45.6 Å². The third kappa shape index (κ3) is 3.02. The van der Waals surface area contributed by atoms with E-state index in [-0.39, 0.29) is 29.6 Å². The quantitative estimate of drug-likeness (QED) is 0.371. The van der Waals surface area contributed by atoms with Gasteiger partial charge in [0.15, 0.2) is 17.7 Å². The number of aromatic hydroxyl groups is 2. The molecule has 0 saturated carbocycles. The van der Waals surface area contributed by atoms with Gasteiger partial charge in [-0.25, -0.2) is 0 Å². The number of phenolic OH excluding ortho intramolecular Hbond substituents is 2. The van der Waals surface area contributed by atoms with Crippen LogP contribution < -0.4 is 24.3 Å². The van der Waals surface area contributed by atoms with E-state index in [1.807, 2.05) is 0 Å². The molecular weight excluding hydrogens is 466 g/mol. The van der Waals surface area contributed by atoms with Gasteiger partial charge in [-0.3, -0.25) is 0 Å². The number of hydrogen-bond donors (Lipinski definition) is 5. The van der Waals surface area contributed by atoms with Crippen molar-refractivity contribution in [1.29, 1.82) is 0 Å². The Balaban J connectivity index is 1.53. The molecule has 188 valence electrons. The Labute approximate surface area is 207 Å². The van der Waals surface area contributed by atoms with E-state index in [0.717, 1.165) is 22.3 Å². The summed E-state index contributed by atoms with van der Waals surface area (Å²) in [6.45, 7) is 0.197. The maximum absolute atomic E-state index is 11.7. The largest absolute Gasteiger partial charge is 0.507 e. The van der Waals surface area contributed by atoms with Gasteiger partial charge in [0.2, 0.25) is 5.75 Å². The number of aliphatic hydroxyl groups excluding tert-OH is 2. The molecule has 9 heteroatoms. The second kappa shape index (κ2) is 8.11. The zero-order valence-electron chi connectivity index (χ0n) is 20.1. The second-order valence-corrected chi connectivity index (χ2v) is 9.24. The third-order valence-electron chi connectivity index (χ3n) is 7.54. The molecule has 1 aliphatic carbocycles. The number of aliphatic hydroxyl groups is 2. The lowest BCUT2D eigenvalue weighted by Crippen LogP contribution is -2.28. The number of methoxy groups -OCH3 is 3. The van der Waals surface area contributed by atoms with Crippen LogP contribution in [-0.2, 0) is 12.8 Å². The first-order valence-corrected chi connectivity index (χ1v) is 11.7. The number of benzene rings is 3. The molecule has 0 bridgehead atoms. The van der Waals surface area contributed by atoms with E-state index in [0.29, 0.717) is 46.7 Å². The van der Waals surface area contributed by atoms with E-state index >= 15 is 0 Å². The van der Waals surface area contributed by atoms with Crippen molar-refractivity contribution in [1.82, 2.24) is 0 Å². The third-order valence-corrected chi connectivity index (χ3v) is 7.54. The summed E-state index contributed by atoms with van der Waals surface area (Å²) in [4.78, 5) is 0. The molecule has 36 heavy (non-hydrogen) atoms. The lowest BCUT2D eigenvalue weighted by molar-refractivity contribution is 0.0878. The van der Waals surface area contributed by atoms with Gasteiger partial charge in [-0.1, -0.05) is 0 Å². The zero-order chi connectivity index (χ0) is 25.3. The van der Waals surface area contributed by atoms with E-state index in [1.165, 1.54) is 20.3 Å². The number of fused-ring (bicyclic) bond motifs is 2. The molecule has 0 aromatic heterocycles. The van der Waals surface area contributed by atoms with Crippen LogP contribution in [0, 0.1) is 0 Å². The average Bonchev–Trinajstić information content (AvgIpc) is 2.87. The number of phenols is 2. The Bertz CT molecular complexity index is 1380. The Hall–Kier alpha value is -3.82. The van der Waals surface area contributed by atoms with Crippen LogP contribution >= 0.6 is 0 Å². The van der Waals surface area contributed by atoms with Crippen molar-refractivity contribution in [2.45, 2.75) is 31.1 Å². The topological polar surface area (TPSA) is 130 Å². The summed E-state index contributed by atoms with van der Waals surface area (Å²) in [5.74, 6) is 0.984. The van der Waals surface area contributed by atoms with Gasteiger partial charge in [-0.2, -0.15) is 0 Å². The number of rotatable bonds is 4. The average molecular weight is 494 g/mol. The minimum atomic E-state index is -1.10. The van der Waals surface area contributed by atoms with Crippen LogP contribution in [0.5, 0.6) is 34.5 Å². The summed E-state index contributed by atoms with van der Waals surface area (Å²) in [5.41, 5.74) is 5.83. The molecule has 0 spiro atoms. The summed E-state index contributed by atoms with van der Waals surface area (Å²) in [5, 5.41) is 46.6. The molecule has 6 rings (SSSR count). The molecule has 0 fully saturated rings. The van der Waals surface area contributed by atoms with Crippen LogP contribution in [0.3, 0.4) is 0 Å². The summed E-state index contributed by atoms with van der Waals surface area (Å²) in [7, 11) is 4.47. The zero-order valence-corrected chi connectivity index (χ0v) is 20.1. The van der Waals surface area contributed by atoms with Crippen molar-refractivity contribution < 1.29 is 39.4 Å². The van der Waals surface area contributed by atoms with Crippen molar-refractivity contribution >= 4 is 5.69 Å². The van der Waals surface area contributed by atoms with Crippen LogP contribution in [0.2, 0.25) is 0 Å². The van der Waals surface area contributed by atoms with Crippen LogP contribution in [0.25, 0.3) is 11.1 Å². The van der Waals surface area contributed by atoms with Gasteiger partial charge in [-0.05, 0) is 36.1 Å². The SMILES string of the molecule is COc1cc([C@@H]2COc3cc4c5c(c3[C@H]2O)CCc2c(OC)cc(O)c(c2-5)[C@@H](O)N4)cc(OC)c1O. The van der Waals surface area contributed by atoms with Crippen molar-refractivity contribution in [2.24, 2.45) is 0 Å². The molecule has 2 heterocycles. The van der Waals surface area contributed by atoms with E-state index in [1.54, 1.807) is 25.3 Å². The van der Waals surface area contributed by atoms with Gasteiger partial charge in [0, 0.05) is 46.0 Å². The van der Waals surface area contributed by atoms with Gasteiger partial charge in [0.25, 0.3) is 0 Å². The van der Waals surface area contributed by atoms with Crippen molar-refractivity contribution in [3.05, 3.63) is 52.1 Å². The minimum Gasteiger partial charge on any atom is -0.507 e. The number of nitrogens with one attached hydrogen (secondary N) is 1. The van der Waals surface area contributed by atoms with Gasteiger partial charge >= 0.3 is 0 Å². The lowest BCUT2D eigenvalue weighted by atomic mass is 9.74. The predicted octanol–water partition coefficient (Wildman–Crippen LogP) is 3.52. The normalized spacial score (nSPS) is 21.0. The fourth-order valence-electron chi connectivity index (χ4n) is 5.87. The maximum Gasteiger partial charge on any atom is 0.200 e. The highest BCUT2D eigenvalue weighted by Crippen LogP contribution is 2.57. The molecule has 0 radical (unpaired) electrons. The fourth-order valence-corrected chi connectivity index (χ4v) is 5.87. The lowest BCUT2D eigenvalue weighted by Gasteiger charge is -2.39. The van der Waals surface area contributed by atoms with Crippen LogP contribution in [0.4, 0.5) is 5.69 Å². The fraction of sp³-hybridized carbons (Fsp3) is 0.333. The molecule has 3 atom stereocenters. The Kier molecular flexibility index (Phi) is 5.10. The van der Waals surface area contributed by atoms with Gasteiger partial charge in [0.05, 0.1) is 39.6 Å². The molecule has 2 aliphatic heterocycles. The molecule has 3 aliphatic rings. The standard InChI is InChI=1S/C27H27NO8/c1-33-17-9-16(29)24-23-12(17)4-5-13-21(23)15(28-27(24)32)8-18-22(13)25(30)14(10-36-18)11-6-19(34-2)26(31)20(7-11)35-3/h6-9,14,25,27-32H,4-5,10H2,1-3H3/t14-,25-,27+/m0/s1. The molecular formula is C27H27NO8. The van der Waals surface area contributed by atoms with Gasteiger partial charge in [-0.15, -0.1) is 0 Å². The smallest absolute Gasteiger partial charge is 0.200 e. The Morgan fingerprint density at radius 3 is 2.17 bits per heavy atom. The predicted molar refractivity (Wildman–Crippen MR) is 130 cm³/mol. The summed E-state index contributed by atoms with van der Waals surface area (Å²) >= 11 is 0. The summed E-state index contributed by atoms with van der Waals surface area (Å²) in [6, 6.07) is 6.69. The number of hydrogen-bond acceptors (Lipinski definition) is 9. The monoisotopic (exact) mass is 493 g/mol. The van der Waals surface area contributed by atoms with E-state index in [4.69, 9.17) is 18.9 Å². The van der Waals surface area contributed by atoms with E-state index < -0.39 is 18.2 Å². The molecule has 3 aromatic rings. The minimum absolute atomic E-state index is 0.0558. The number of anilines is 1. The highest BCUT2D eigenvalue weighted by molar-refractivity contribution is 5.93. The molecule has 0 amide bonds. The van der Waals surface area contributed by atoms with Crippen LogP contribution in [0.15, 0.2) is 24.3 Å². The summed E-state index contributed by atoms with van der Waals surface area (Å²) in [6.07, 6.45) is -0.783. The number of ether oxygens (including phenoxy) is 4. The highest BCUT2D eigenvalue weighted by Gasteiger charge is 2.41. The molecule has 9 nitrogen and oxygen atoms in total.